The molecule has 0 atom stereocenters. The van der Waals surface area contributed by atoms with Gasteiger partial charge in [-0.15, -0.1) is 0 Å². The molecule has 0 bridgehead atoms. The van der Waals surface area contributed by atoms with Crippen molar-refractivity contribution in [3.63, 3.8) is 0 Å². The third-order valence-corrected chi connectivity index (χ3v) is 2.70. The number of rotatable bonds is 8. The minimum absolute atomic E-state index is 0.407. The predicted molar refractivity (Wildman–Crippen MR) is 68.2 cm³/mol. The van der Waals surface area contributed by atoms with E-state index >= 15 is 0 Å². The van der Waals surface area contributed by atoms with Gasteiger partial charge in [-0.05, 0) is 52.3 Å². The van der Waals surface area contributed by atoms with Crippen LogP contribution in [0.15, 0.2) is 16.5 Å². The fourth-order valence-corrected chi connectivity index (χ4v) is 1.72. The van der Waals surface area contributed by atoms with Gasteiger partial charge in [0.1, 0.15) is 5.76 Å². The second-order valence-corrected chi connectivity index (χ2v) is 4.45. The third-order valence-electron chi connectivity index (χ3n) is 2.70. The first-order valence-electron chi connectivity index (χ1n) is 6.06. The Hall–Kier alpha value is -1.13. The molecule has 0 aliphatic rings. The maximum Gasteiger partial charge on any atom is 0.185 e. The zero-order valence-corrected chi connectivity index (χ0v) is 11.0. The summed E-state index contributed by atoms with van der Waals surface area (Å²) in [5.41, 5.74) is 0. The standard InChI is InChI=1S/C13H22N2O2/c1-4-15(9-5-8-14(2)3)10-12-6-7-13(11-16)17-12/h6-7,11H,4-5,8-10H2,1-3H3. The van der Waals surface area contributed by atoms with Crippen LogP contribution in [0.5, 0.6) is 0 Å². The summed E-state index contributed by atoms with van der Waals surface area (Å²) in [6, 6.07) is 3.59. The quantitative estimate of drug-likeness (QED) is 0.648. The second-order valence-electron chi connectivity index (χ2n) is 4.45. The van der Waals surface area contributed by atoms with E-state index in [2.05, 4.69) is 30.8 Å². The predicted octanol–water partition coefficient (Wildman–Crippen LogP) is 1.87. The van der Waals surface area contributed by atoms with E-state index in [1.807, 2.05) is 6.07 Å². The van der Waals surface area contributed by atoms with E-state index in [9.17, 15) is 4.79 Å². The van der Waals surface area contributed by atoms with Crippen molar-refractivity contribution in [1.29, 1.82) is 0 Å². The molecule has 4 heteroatoms. The van der Waals surface area contributed by atoms with Crippen molar-refractivity contribution >= 4 is 6.29 Å². The number of furan rings is 1. The van der Waals surface area contributed by atoms with Crippen LogP contribution in [0, 0.1) is 0 Å². The van der Waals surface area contributed by atoms with Gasteiger partial charge >= 0.3 is 0 Å². The van der Waals surface area contributed by atoms with Crippen LogP contribution in [0.2, 0.25) is 0 Å². The maximum atomic E-state index is 10.5. The minimum Gasteiger partial charge on any atom is -0.457 e. The second kappa shape index (κ2) is 7.25. The maximum absolute atomic E-state index is 10.5. The van der Waals surface area contributed by atoms with Gasteiger partial charge in [0.25, 0.3) is 0 Å². The lowest BCUT2D eigenvalue weighted by atomic mass is 10.3. The first-order chi connectivity index (χ1) is 8.15. The van der Waals surface area contributed by atoms with Gasteiger partial charge in [-0.2, -0.15) is 0 Å². The molecule has 0 fully saturated rings. The van der Waals surface area contributed by atoms with Crippen LogP contribution >= 0.6 is 0 Å². The molecule has 0 aliphatic carbocycles. The van der Waals surface area contributed by atoms with Gasteiger partial charge in [0.05, 0.1) is 6.54 Å². The van der Waals surface area contributed by atoms with E-state index in [1.54, 1.807) is 6.07 Å². The van der Waals surface area contributed by atoms with Crippen LogP contribution in [-0.2, 0) is 6.54 Å². The Bertz CT molecular complexity index is 334. The van der Waals surface area contributed by atoms with Crippen LogP contribution in [-0.4, -0.2) is 49.8 Å². The molecule has 0 aromatic carbocycles. The Labute approximate surface area is 103 Å². The van der Waals surface area contributed by atoms with Crippen LogP contribution < -0.4 is 0 Å². The monoisotopic (exact) mass is 238 g/mol. The molecule has 0 N–H and O–H groups in total. The fraction of sp³-hybridized carbons (Fsp3) is 0.615. The van der Waals surface area contributed by atoms with Gasteiger partial charge in [0.15, 0.2) is 12.0 Å². The highest BCUT2D eigenvalue weighted by molar-refractivity contribution is 5.70. The Balaban J connectivity index is 2.37. The Kier molecular flexibility index (Phi) is 5.94. The molecule has 0 saturated carbocycles. The highest BCUT2D eigenvalue weighted by Crippen LogP contribution is 2.09. The van der Waals surface area contributed by atoms with E-state index in [4.69, 9.17) is 4.42 Å². The number of carbonyl (C=O) groups excluding carboxylic acids is 1. The van der Waals surface area contributed by atoms with E-state index in [-0.39, 0.29) is 0 Å². The van der Waals surface area contributed by atoms with E-state index < -0.39 is 0 Å². The summed E-state index contributed by atoms with van der Waals surface area (Å²) in [6.45, 7) is 6.04. The summed E-state index contributed by atoms with van der Waals surface area (Å²) in [5, 5.41) is 0. The average molecular weight is 238 g/mol. The lowest BCUT2D eigenvalue weighted by Gasteiger charge is -2.20. The first kappa shape index (κ1) is 13.9. The molecule has 1 aromatic rings. The van der Waals surface area contributed by atoms with Gasteiger partial charge in [-0.3, -0.25) is 9.69 Å². The SMILES string of the molecule is CCN(CCCN(C)C)Cc1ccc(C=O)o1. The van der Waals surface area contributed by atoms with Gasteiger partial charge in [0.2, 0.25) is 0 Å². The molecule has 1 heterocycles. The average Bonchev–Trinajstić information content (AvgIpc) is 2.75. The molecule has 1 aromatic heterocycles. The van der Waals surface area contributed by atoms with Crippen LogP contribution in [0.1, 0.15) is 29.7 Å². The lowest BCUT2D eigenvalue weighted by molar-refractivity contribution is 0.109. The zero-order chi connectivity index (χ0) is 12.7. The Morgan fingerprint density at radius 1 is 1.29 bits per heavy atom. The summed E-state index contributed by atoms with van der Waals surface area (Å²) in [7, 11) is 4.17. The van der Waals surface area contributed by atoms with Crippen molar-refractivity contribution in [2.24, 2.45) is 0 Å². The molecule has 0 radical (unpaired) electrons. The molecule has 0 amide bonds. The van der Waals surface area contributed by atoms with Crippen molar-refractivity contribution in [2.45, 2.75) is 19.9 Å². The highest BCUT2D eigenvalue weighted by atomic mass is 16.3. The molecule has 96 valence electrons. The van der Waals surface area contributed by atoms with Crippen molar-refractivity contribution in [1.82, 2.24) is 9.80 Å². The van der Waals surface area contributed by atoms with Crippen molar-refractivity contribution in [3.8, 4) is 0 Å². The Morgan fingerprint density at radius 3 is 2.59 bits per heavy atom. The Morgan fingerprint density at radius 2 is 2.06 bits per heavy atom. The minimum atomic E-state index is 0.407. The number of aldehydes is 1. The third kappa shape index (κ3) is 5.15. The molecule has 0 spiro atoms. The van der Waals surface area contributed by atoms with Crippen LogP contribution in [0.3, 0.4) is 0 Å². The summed E-state index contributed by atoms with van der Waals surface area (Å²) >= 11 is 0. The molecular weight excluding hydrogens is 216 g/mol. The highest BCUT2D eigenvalue weighted by Gasteiger charge is 2.07. The smallest absolute Gasteiger partial charge is 0.185 e. The summed E-state index contributed by atoms with van der Waals surface area (Å²) in [4.78, 5) is 15.0. The van der Waals surface area contributed by atoms with E-state index in [0.717, 1.165) is 44.6 Å². The molecule has 4 nitrogen and oxygen atoms in total. The number of nitrogens with zero attached hydrogens (tertiary/aromatic N) is 2. The number of hydrogen-bond donors (Lipinski definition) is 0. The number of hydrogen-bond acceptors (Lipinski definition) is 4. The first-order valence-corrected chi connectivity index (χ1v) is 6.06. The number of carbonyl (C=O) groups is 1. The molecule has 17 heavy (non-hydrogen) atoms. The van der Waals surface area contributed by atoms with Gasteiger partial charge in [-0.1, -0.05) is 6.92 Å². The molecular formula is C13H22N2O2. The van der Waals surface area contributed by atoms with Crippen LogP contribution in [0.25, 0.3) is 0 Å². The van der Waals surface area contributed by atoms with Gasteiger partial charge in [0, 0.05) is 0 Å². The van der Waals surface area contributed by atoms with Gasteiger partial charge < -0.3 is 9.32 Å². The lowest BCUT2D eigenvalue weighted by Crippen LogP contribution is -2.26. The van der Waals surface area contributed by atoms with Crippen molar-refractivity contribution < 1.29 is 9.21 Å². The summed E-state index contributed by atoms with van der Waals surface area (Å²) in [6.07, 6.45) is 1.88. The molecule has 0 unspecified atom stereocenters. The molecule has 1 rings (SSSR count). The summed E-state index contributed by atoms with van der Waals surface area (Å²) < 4.78 is 5.37. The van der Waals surface area contributed by atoms with Gasteiger partial charge in [-0.25, -0.2) is 0 Å². The van der Waals surface area contributed by atoms with E-state index in [0.29, 0.717) is 5.76 Å². The summed E-state index contributed by atoms with van der Waals surface area (Å²) in [5.74, 6) is 1.27. The molecule has 0 saturated heterocycles. The van der Waals surface area contributed by atoms with Crippen LogP contribution in [0.4, 0.5) is 0 Å². The van der Waals surface area contributed by atoms with Crippen molar-refractivity contribution in [3.05, 3.63) is 23.7 Å². The van der Waals surface area contributed by atoms with Crippen molar-refractivity contribution in [2.75, 3.05) is 33.7 Å². The largest absolute Gasteiger partial charge is 0.457 e. The fourth-order valence-electron chi connectivity index (χ4n) is 1.72. The van der Waals surface area contributed by atoms with E-state index in [1.165, 1.54) is 0 Å². The topological polar surface area (TPSA) is 36.7 Å². The zero-order valence-electron chi connectivity index (χ0n) is 11.0. The normalized spacial score (nSPS) is 11.4. The molecule has 0 aliphatic heterocycles.